The summed E-state index contributed by atoms with van der Waals surface area (Å²) in [5, 5.41) is 6.33. The third-order valence-electron chi connectivity index (χ3n) is 3.94. The van der Waals surface area contributed by atoms with Gasteiger partial charge in [0.1, 0.15) is 0 Å². The quantitative estimate of drug-likeness (QED) is 0.873. The zero-order valence-corrected chi connectivity index (χ0v) is 11.9. The standard InChI is InChI=1S/C16H24N2O/c1-12-6-5-8-14(10-12)18-16(19)11-17-15-9-4-3-7-13(15)2/h5-6,8,10,13,15,17H,3-4,7,9,11H2,1-2H3,(H,18,19). The molecule has 0 spiro atoms. The third kappa shape index (κ3) is 4.35. The summed E-state index contributed by atoms with van der Waals surface area (Å²) in [7, 11) is 0. The van der Waals surface area contributed by atoms with Crippen LogP contribution in [-0.4, -0.2) is 18.5 Å². The van der Waals surface area contributed by atoms with Gasteiger partial charge < -0.3 is 10.6 Å². The summed E-state index contributed by atoms with van der Waals surface area (Å²) in [5.74, 6) is 0.726. The molecule has 0 aliphatic heterocycles. The second kappa shape index (κ2) is 6.71. The van der Waals surface area contributed by atoms with Crippen LogP contribution < -0.4 is 10.6 Å². The molecule has 1 fully saturated rings. The average molecular weight is 260 g/mol. The first-order valence-electron chi connectivity index (χ1n) is 7.25. The van der Waals surface area contributed by atoms with Gasteiger partial charge in [-0.2, -0.15) is 0 Å². The van der Waals surface area contributed by atoms with Crippen molar-refractivity contribution in [3.05, 3.63) is 29.8 Å². The number of hydrogen-bond acceptors (Lipinski definition) is 2. The normalized spacial score (nSPS) is 23.1. The Morgan fingerprint density at radius 1 is 1.32 bits per heavy atom. The zero-order chi connectivity index (χ0) is 13.7. The van der Waals surface area contributed by atoms with Crippen LogP contribution in [-0.2, 0) is 4.79 Å². The molecule has 1 aliphatic rings. The maximum Gasteiger partial charge on any atom is 0.238 e. The van der Waals surface area contributed by atoms with Gasteiger partial charge in [0.2, 0.25) is 5.91 Å². The second-order valence-electron chi connectivity index (χ2n) is 5.67. The summed E-state index contributed by atoms with van der Waals surface area (Å²) >= 11 is 0. The number of anilines is 1. The number of hydrogen-bond donors (Lipinski definition) is 2. The molecule has 2 unspecified atom stereocenters. The van der Waals surface area contributed by atoms with E-state index in [-0.39, 0.29) is 5.91 Å². The lowest BCUT2D eigenvalue weighted by molar-refractivity contribution is -0.115. The molecule has 3 nitrogen and oxygen atoms in total. The molecule has 0 saturated heterocycles. The molecule has 2 N–H and O–H groups in total. The van der Waals surface area contributed by atoms with Crippen LogP contribution in [0.25, 0.3) is 0 Å². The lowest BCUT2D eigenvalue weighted by atomic mass is 9.86. The zero-order valence-electron chi connectivity index (χ0n) is 11.9. The van der Waals surface area contributed by atoms with Crippen LogP contribution in [0.1, 0.15) is 38.2 Å². The van der Waals surface area contributed by atoms with E-state index in [1.807, 2.05) is 31.2 Å². The van der Waals surface area contributed by atoms with E-state index in [1.54, 1.807) is 0 Å². The minimum absolute atomic E-state index is 0.0448. The van der Waals surface area contributed by atoms with Gasteiger partial charge in [0.05, 0.1) is 6.54 Å². The average Bonchev–Trinajstić information content (AvgIpc) is 2.38. The summed E-state index contributed by atoms with van der Waals surface area (Å²) in [6.07, 6.45) is 5.08. The topological polar surface area (TPSA) is 41.1 Å². The maximum atomic E-state index is 11.9. The fourth-order valence-electron chi connectivity index (χ4n) is 2.77. The van der Waals surface area contributed by atoms with Crippen molar-refractivity contribution >= 4 is 11.6 Å². The lowest BCUT2D eigenvalue weighted by Gasteiger charge is -2.29. The van der Waals surface area contributed by atoms with Crippen molar-refractivity contribution < 1.29 is 4.79 Å². The van der Waals surface area contributed by atoms with Crippen molar-refractivity contribution in [2.75, 3.05) is 11.9 Å². The summed E-state index contributed by atoms with van der Waals surface area (Å²) in [5.41, 5.74) is 2.04. The maximum absolute atomic E-state index is 11.9. The number of rotatable bonds is 4. The Hall–Kier alpha value is -1.35. The minimum atomic E-state index is 0.0448. The summed E-state index contributed by atoms with van der Waals surface area (Å²) < 4.78 is 0. The van der Waals surface area contributed by atoms with Crippen molar-refractivity contribution in [2.24, 2.45) is 5.92 Å². The molecule has 1 aromatic rings. The highest BCUT2D eigenvalue weighted by Crippen LogP contribution is 2.23. The summed E-state index contributed by atoms with van der Waals surface area (Å²) in [4.78, 5) is 11.9. The number of nitrogens with one attached hydrogen (secondary N) is 2. The van der Waals surface area contributed by atoms with Gasteiger partial charge in [-0.3, -0.25) is 4.79 Å². The molecule has 3 heteroatoms. The van der Waals surface area contributed by atoms with E-state index < -0.39 is 0 Å². The monoisotopic (exact) mass is 260 g/mol. The number of carbonyl (C=O) groups excluding carboxylic acids is 1. The van der Waals surface area contributed by atoms with Gasteiger partial charge in [-0.05, 0) is 43.4 Å². The van der Waals surface area contributed by atoms with Crippen molar-refractivity contribution in [3.8, 4) is 0 Å². The molecule has 1 aromatic carbocycles. The molecule has 2 rings (SSSR count). The second-order valence-corrected chi connectivity index (χ2v) is 5.67. The first kappa shape index (κ1) is 14.1. The molecule has 1 saturated carbocycles. The van der Waals surface area contributed by atoms with E-state index in [0.29, 0.717) is 18.5 Å². The number of benzene rings is 1. The SMILES string of the molecule is Cc1cccc(NC(=O)CNC2CCCCC2C)c1. The van der Waals surface area contributed by atoms with E-state index in [1.165, 1.54) is 25.7 Å². The van der Waals surface area contributed by atoms with Crippen LogP contribution >= 0.6 is 0 Å². The molecule has 1 amide bonds. The number of carbonyl (C=O) groups is 1. The predicted octanol–water partition coefficient (Wildman–Crippen LogP) is 3.10. The van der Waals surface area contributed by atoms with Crippen LogP contribution in [0.5, 0.6) is 0 Å². The van der Waals surface area contributed by atoms with Crippen molar-refractivity contribution in [2.45, 2.75) is 45.6 Å². The van der Waals surface area contributed by atoms with Crippen LogP contribution in [0.4, 0.5) is 5.69 Å². The summed E-state index contributed by atoms with van der Waals surface area (Å²) in [6.45, 7) is 4.70. The van der Waals surface area contributed by atoms with E-state index >= 15 is 0 Å². The molecule has 19 heavy (non-hydrogen) atoms. The molecule has 104 valence electrons. The van der Waals surface area contributed by atoms with E-state index in [0.717, 1.165) is 11.3 Å². The predicted molar refractivity (Wildman–Crippen MR) is 79.2 cm³/mol. The van der Waals surface area contributed by atoms with Crippen molar-refractivity contribution in [1.29, 1.82) is 0 Å². The molecule has 0 radical (unpaired) electrons. The first-order valence-corrected chi connectivity index (χ1v) is 7.25. The third-order valence-corrected chi connectivity index (χ3v) is 3.94. The number of aryl methyl sites for hydroxylation is 1. The molecule has 0 heterocycles. The first-order chi connectivity index (χ1) is 9.15. The van der Waals surface area contributed by atoms with Gasteiger partial charge in [0.15, 0.2) is 0 Å². The molecular formula is C16H24N2O. The Bertz CT molecular complexity index is 431. The largest absolute Gasteiger partial charge is 0.325 e. The Labute approximate surface area is 115 Å². The van der Waals surface area contributed by atoms with Crippen LogP contribution in [0.2, 0.25) is 0 Å². The van der Waals surface area contributed by atoms with Gasteiger partial charge in [-0.25, -0.2) is 0 Å². The highest BCUT2D eigenvalue weighted by molar-refractivity contribution is 5.92. The minimum Gasteiger partial charge on any atom is -0.325 e. The molecular weight excluding hydrogens is 236 g/mol. The smallest absolute Gasteiger partial charge is 0.238 e. The van der Waals surface area contributed by atoms with E-state index in [4.69, 9.17) is 0 Å². The highest BCUT2D eigenvalue weighted by atomic mass is 16.1. The van der Waals surface area contributed by atoms with Gasteiger partial charge in [0.25, 0.3) is 0 Å². The molecule has 1 aliphatic carbocycles. The van der Waals surface area contributed by atoms with Crippen molar-refractivity contribution in [1.82, 2.24) is 5.32 Å². The van der Waals surface area contributed by atoms with E-state index in [2.05, 4.69) is 17.6 Å². The van der Waals surface area contributed by atoms with Crippen LogP contribution in [0.15, 0.2) is 24.3 Å². The molecule has 2 atom stereocenters. The fraction of sp³-hybridized carbons (Fsp3) is 0.562. The molecule has 0 aromatic heterocycles. The fourth-order valence-corrected chi connectivity index (χ4v) is 2.77. The van der Waals surface area contributed by atoms with E-state index in [9.17, 15) is 4.79 Å². The molecule has 0 bridgehead atoms. The number of amides is 1. The van der Waals surface area contributed by atoms with Gasteiger partial charge in [-0.1, -0.05) is 31.9 Å². The van der Waals surface area contributed by atoms with Gasteiger partial charge in [0, 0.05) is 11.7 Å². The van der Waals surface area contributed by atoms with Crippen molar-refractivity contribution in [3.63, 3.8) is 0 Å². The highest BCUT2D eigenvalue weighted by Gasteiger charge is 2.21. The summed E-state index contributed by atoms with van der Waals surface area (Å²) in [6, 6.07) is 8.39. The Morgan fingerprint density at radius 3 is 2.84 bits per heavy atom. The Morgan fingerprint density at radius 2 is 2.11 bits per heavy atom. The van der Waals surface area contributed by atoms with Gasteiger partial charge in [-0.15, -0.1) is 0 Å². The van der Waals surface area contributed by atoms with Crippen LogP contribution in [0.3, 0.4) is 0 Å². The van der Waals surface area contributed by atoms with Gasteiger partial charge >= 0.3 is 0 Å². The lowest BCUT2D eigenvalue weighted by Crippen LogP contribution is -2.41. The Balaban J connectivity index is 1.78. The van der Waals surface area contributed by atoms with Crippen LogP contribution in [0, 0.1) is 12.8 Å². The Kier molecular flexibility index (Phi) is 4.97.